The highest BCUT2D eigenvalue weighted by atomic mass is 16.6. The highest BCUT2D eigenvalue weighted by Gasteiger charge is 2.39. The molecule has 0 unspecified atom stereocenters. The minimum atomic E-state index is -1.19. The predicted molar refractivity (Wildman–Crippen MR) is 221 cm³/mol. The third-order valence-electron chi connectivity index (χ3n) is 9.57. The van der Waals surface area contributed by atoms with Crippen molar-refractivity contribution >= 4 is 35.8 Å². The fraction of sp³-hybridized carbons (Fsp3) is 0.489. The molecule has 13 heteroatoms. The monoisotopic (exact) mass is 830 g/mol. The summed E-state index contributed by atoms with van der Waals surface area (Å²) in [5.74, 6) is -3.92. The van der Waals surface area contributed by atoms with E-state index in [0.29, 0.717) is 56.9 Å². The summed E-state index contributed by atoms with van der Waals surface area (Å²) in [5, 5.41) is 0. The van der Waals surface area contributed by atoms with Crippen LogP contribution in [0.3, 0.4) is 0 Å². The lowest BCUT2D eigenvalue weighted by atomic mass is 9.93. The van der Waals surface area contributed by atoms with Gasteiger partial charge in [-0.15, -0.1) is 0 Å². The van der Waals surface area contributed by atoms with Crippen molar-refractivity contribution < 1.29 is 61.9 Å². The summed E-state index contributed by atoms with van der Waals surface area (Å²) < 4.78 is 41.8. The number of fused-ring (bicyclic) bond motifs is 1. The van der Waals surface area contributed by atoms with Crippen molar-refractivity contribution in [2.75, 3.05) is 0 Å². The number of esters is 6. The number of hydrogen-bond acceptors (Lipinski definition) is 13. The topological polar surface area (TPSA) is 167 Å². The van der Waals surface area contributed by atoms with Crippen LogP contribution in [0.5, 0.6) is 34.5 Å². The second-order valence-corrected chi connectivity index (χ2v) is 14.7. The third kappa shape index (κ3) is 14.2. The highest BCUT2D eigenvalue weighted by molar-refractivity contribution is 5.89. The van der Waals surface area contributed by atoms with Gasteiger partial charge in [-0.25, -0.2) is 4.79 Å². The zero-order valence-corrected chi connectivity index (χ0v) is 35.5. The largest absolute Gasteiger partial charge is 0.481 e. The van der Waals surface area contributed by atoms with Gasteiger partial charge in [-0.1, -0.05) is 84.9 Å². The van der Waals surface area contributed by atoms with Crippen LogP contribution in [0, 0.1) is 0 Å². The van der Waals surface area contributed by atoms with Gasteiger partial charge in [0, 0.05) is 61.8 Å². The van der Waals surface area contributed by atoms with Crippen molar-refractivity contribution in [3.05, 3.63) is 71.3 Å². The lowest BCUT2D eigenvalue weighted by Crippen LogP contribution is -2.35. The molecule has 324 valence electrons. The van der Waals surface area contributed by atoms with Crippen LogP contribution in [0.25, 0.3) is 0 Å². The summed E-state index contributed by atoms with van der Waals surface area (Å²) in [4.78, 5) is 79.1. The van der Waals surface area contributed by atoms with Gasteiger partial charge >= 0.3 is 35.8 Å². The van der Waals surface area contributed by atoms with E-state index in [1.807, 2.05) is 34.6 Å². The molecule has 60 heavy (non-hydrogen) atoms. The van der Waals surface area contributed by atoms with Gasteiger partial charge in [-0.3, -0.25) is 24.0 Å². The highest BCUT2D eigenvalue weighted by Crippen LogP contribution is 2.48. The van der Waals surface area contributed by atoms with Gasteiger partial charge < -0.3 is 33.2 Å². The number of carbonyl (C=O) groups excluding carboxylic acids is 6. The lowest BCUT2D eigenvalue weighted by molar-refractivity contribution is -0.138. The van der Waals surface area contributed by atoms with Crippen molar-refractivity contribution in [2.45, 2.75) is 150 Å². The first kappa shape index (κ1) is 47.0. The summed E-state index contributed by atoms with van der Waals surface area (Å²) >= 11 is 0. The fourth-order valence-electron chi connectivity index (χ4n) is 6.23. The zero-order chi connectivity index (χ0) is 43.4. The predicted octanol–water partition coefficient (Wildman–Crippen LogP) is 10.1. The van der Waals surface area contributed by atoms with Crippen molar-refractivity contribution in [1.29, 1.82) is 0 Å². The van der Waals surface area contributed by atoms with E-state index in [1.54, 1.807) is 30.3 Å². The average Bonchev–Trinajstić information content (AvgIpc) is 3.23. The SMILES string of the molecule is CCCCC(=O)Oc1cc(OC(=O)CCCC)c2c(c1)O[C@H](c1cc(OC(=O)CCCC)c(OC(=O)CCCC)c(OC(=O)CCCC)c1)[C@H](OC(=O)c1ccccc1)C2. The first-order valence-electron chi connectivity index (χ1n) is 21.3. The van der Waals surface area contributed by atoms with Crippen LogP contribution in [0.1, 0.15) is 159 Å². The van der Waals surface area contributed by atoms with E-state index in [9.17, 15) is 28.8 Å². The standard InChI is InChI=1S/C47H58O13/c1-6-11-21-40(48)54-33-28-35(55-41(49)22-12-7-2)34-30-39(59-47(53)31-19-17-16-18-20-31)45(58-36(34)29-33)32-26-37(56-42(50)23-13-8-3)46(60-44(52)25-15-10-5)38(27-32)57-43(51)24-14-9-4/h16-20,26-29,39,45H,6-15,21-25,30H2,1-5H3/t39-,45-/m1/s1. The van der Waals surface area contributed by atoms with Crippen molar-refractivity contribution in [2.24, 2.45) is 0 Å². The molecule has 0 aliphatic carbocycles. The van der Waals surface area contributed by atoms with E-state index in [-0.39, 0.29) is 84.1 Å². The molecule has 3 aromatic rings. The van der Waals surface area contributed by atoms with Crippen LogP contribution in [0.2, 0.25) is 0 Å². The van der Waals surface area contributed by atoms with Gasteiger partial charge in [-0.05, 0) is 56.4 Å². The Hall–Kier alpha value is -5.72. The molecule has 0 saturated heterocycles. The molecule has 4 rings (SSSR count). The molecular formula is C47H58O13. The maximum atomic E-state index is 13.7. The van der Waals surface area contributed by atoms with Gasteiger partial charge in [0.05, 0.1) is 5.56 Å². The quantitative estimate of drug-likeness (QED) is 0.0655. The second kappa shape index (κ2) is 24.4. The number of carbonyl (C=O) groups is 6. The number of rotatable bonds is 23. The molecule has 0 amide bonds. The van der Waals surface area contributed by atoms with Crippen LogP contribution in [-0.2, 0) is 35.1 Å². The van der Waals surface area contributed by atoms with Crippen molar-refractivity contribution in [1.82, 2.24) is 0 Å². The van der Waals surface area contributed by atoms with Gasteiger partial charge in [0.25, 0.3) is 0 Å². The summed E-state index contributed by atoms with van der Waals surface area (Å²) in [5.41, 5.74) is 0.852. The Morgan fingerprint density at radius 3 is 1.48 bits per heavy atom. The summed E-state index contributed by atoms with van der Waals surface area (Å²) in [6.07, 6.45) is 4.55. The van der Waals surface area contributed by atoms with Crippen LogP contribution in [-0.4, -0.2) is 41.9 Å². The molecule has 0 bridgehead atoms. The Kier molecular flexibility index (Phi) is 19.1. The normalized spacial score (nSPS) is 14.2. The van der Waals surface area contributed by atoms with Crippen LogP contribution >= 0.6 is 0 Å². The molecule has 13 nitrogen and oxygen atoms in total. The van der Waals surface area contributed by atoms with Gasteiger partial charge in [0.1, 0.15) is 23.4 Å². The minimum Gasteiger partial charge on any atom is -0.481 e. The summed E-state index contributed by atoms with van der Waals surface area (Å²) in [7, 11) is 0. The molecule has 0 fully saturated rings. The molecule has 0 saturated carbocycles. The van der Waals surface area contributed by atoms with Gasteiger partial charge in [0.15, 0.2) is 17.6 Å². The smallest absolute Gasteiger partial charge is 0.338 e. The Morgan fingerprint density at radius 1 is 0.550 bits per heavy atom. The van der Waals surface area contributed by atoms with Crippen LogP contribution in [0.15, 0.2) is 54.6 Å². The average molecular weight is 831 g/mol. The molecule has 0 spiro atoms. The summed E-state index contributed by atoms with van der Waals surface area (Å²) in [6, 6.07) is 14.1. The molecule has 1 aliphatic rings. The maximum Gasteiger partial charge on any atom is 0.338 e. The molecular weight excluding hydrogens is 773 g/mol. The number of hydrogen-bond donors (Lipinski definition) is 0. The van der Waals surface area contributed by atoms with Gasteiger partial charge in [-0.2, -0.15) is 0 Å². The second-order valence-electron chi connectivity index (χ2n) is 14.7. The van der Waals surface area contributed by atoms with E-state index in [1.165, 1.54) is 24.3 Å². The van der Waals surface area contributed by atoms with E-state index in [0.717, 1.165) is 12.8 Å². The molecule has 1 heterocycles. The fourth-order valence-corrected chi connectivity index (χ4v) is 6.23. The Bertz CT molecular complexity index is 1890. The molecule has 0 radical (unpaired) electrons. The number of benzene rings is 3. The number of unbranched alkanes of at least 4 members (excludes halogenated alkanes) is 5. The van der Waals surface area contributed by atoms with E-state index in [2.05, 4.69) is 0 Å². The summed E-state index contributed by atoms with van der Waals surface area (Å²) in [6.45, 7) is 9.67. The Balaban J connectivity index is 1.93. The van der Waals surface area contributed by atoms with Crippen molar-refractivity contribution in [3.63, 3.8) is 0 Å². The first-order valence-corrected chi connectivity index (χ1v) is 21.3. The zero-order valence-electron chi connectivity index (χ0n) is 35.5. The minimum absolute atomic E-state index is 0.0516. The van der Waals surface area contributed by atoms with Crippen LogP contribution < -0.4 is 28.4 Å². The number of ether oxygens (including phenoxy) is 7. The Morgan fingerprint density at radius 2 is 1.00 bits per heavy atom. The van der Waals surface area contributed by atoms with Crippen molar-refractivity contribution in [3.8, 4) is 34.5 Å². The lowest BCUT2D eigenvalue weighted by Gasteiger charge is -2.34. The van der Waals surface area contributed by atoms with Gasteiger partial charge in [0.2, 0.25) is 5.75 Å². The Labute approximate surface area is 352 Å². The maximum absolute atomic E-state index is 13.7. The molecule has 0 N–H and O–H groups in total. The van der Waals surface area contributed by atoms with E-state index >= 15 is 0 Å². The van der Waals surface area contributed by atoms with E-state index in [4.69, 9.17) is 33.2 Å². The first-order chi connectivity index (χ1) is 29.0. The third-order valence-corrected chi connectivity index (χ3v) is 9.57. The molecule has 1 aliphatic heterocycles. The molecule has 0 aromatic heterocycles. The molecule has 2 atom stereocenters. The van der Waals surface area contributed by atoms with E-state index < -0.39 is 48.0 Å². The molecule has 3 aromatic carbocycles. The van der Waals surface area contributed by atoms with Crippen LogP contribution in [0.4, 0.5) is 0 Å².